The van der Waals surface area contributed by atoms with Crippen LogP contribution in [0.25, 0.3) is 0 Å². The fraction of sp³-hybridized carbons (Fsp3) is 0.368. The summed E-state index contributed by atoms with van der Waals surface area (Å²) in [5.74, 6) is -0.00391. The fourth-order valence-electron chi connectivity index (χ4n) is 2.85. The molecule has 132 valence electrons. The number of carbonyl (C=O) groups excluding carboxylic acids is 2. The van der Waals surface area contributed by atoms with E-state index in [1.54, 1.807) is 22.7 Å². The lowest BCUT2D eigenvalue weighted by molar-refractivity contribution is 0.0533. The first-order chi connectivity index (χ1) is 12.1. The van der Waals surface area contributed by atoms with Crippen molar-refractivity contribution >= 4 is 23.6 Å². The minimum Gasteiger partial charge on any atom is -0.472 e. The van der Waals surface area contributed by atoms with Crippen molar-refractivity contribution in [1.82, 2.24) is 9.80 Å². The van der Waals surface area contributed by atoms with Gasteiger partial charge in [-0.3, -0.25) is 9.59 Å². The number of carbonyl (C=O) groups is 2. The molecular formula is C19H22N2O3S. The van der Waals surface area contributed by atoms with Gasteiger partial charge in [0.25, 0.3) is 11.8 Å². The molecule has 2 aromatic rings. The Labute approximate surface area is 152 Å². The Hall–Kier alpha value is -2.21. The summed E-state index contributed by atoms with van der Waals surface area (Å²) in [5, 5.41) is 0.415. The van der Waals surface area contributed by atoms with E-state index in [1.807, 2.05) is 29.2 Å². The summed E-state index contributed by atoms with van der Waals surface area (Å²) in [6.07, 6.45) is 2.95. The number of piperazine rings is 1. The Balaban J connectivity index is 1.65. The molecule has 2 heterocycles. The van der Waals surface area contributed by atoms with Crippen molar-refractivity contribution < 1.29 is 14.0 Å². The molecule has 0 aliphatic carbocycles. The zero-order valence-electron chi connectivity index (χ0n) is 14.5. The lowest BCUT2D eigenvalue weighted by Crippen LogP contribution is -2.50. The predicted molar refractivity (Wildman–Crippen MR) is 98.0 cm³/mol. The molecule has 1 aliphatic rings. The standard InChI is InChI=1S/C19H22N2O3S/c1-14(2)25-17-6-4-3-5-16(17)19(23)21-10-8-20(9-11-21)18(22)15-7-12-24-13-15/h3-7,12-14H,8-11H2,1-2H3. The van der Waals surface area contributed by atoms with E-state index >= 15 is 0 Å². The molecule has 25 heavy (non-hydrogen) atoms. The first-order valence-electron chi connectivity index (χ1n) is 8.42. The molecule has 1 fully saturated rings. The van der Waals surface area contributed by atoms with Crippen molar-refractivity contribution in [3.05, 3.63) is 54.0 Å². The van der Waals surface area contributed by atoms with Gasteiger partial charge < -0.3 is 14.2 Å². The molecule has 1 aromatic heterocycles. The molecule has 0 spiro atoms. The SMILES string of the molecule is CC(C)Sc1ccccc1C(=O)N1CCN(C(=O)c2ccoc2)CC1. The third-order valence-corrected chi connectivity index (χ3v) is 5.18. The lowest BCUT2D eigenvalue weighted by Gasteiger charge is -2.35. The third kappa shape index (κ3) is 4.07. The summed E-state index contributed by atoms with van der Waals surface area (Å²) < 4.78 is 4.97. The van der Waals surface area contributed by atoms with Crippen molar-refractivity contribution in [3.8, 4) is 0 Å². The summed E-state index contributed by atoms with van der Waals surface area (Å²) in [6.45, 7) is 6.40. The van der Waals surface area contributed by atoms with Crippen molar-refractivity contribution in [1.29, 1.82) is 0 Å². The van der Waals surface area contributed by atoms with Gasteiger partial charge in [0, 0.05) is 36.3 Å². The highest BCUT2D eigenvalue weighted by atomic mass is 32.2. The van der Waals surface area contributed by atoms with Gasteiger partial charge in [-0.2, -0.15) is 0 Å². The summed E-state index contributed by atoms with van der Waals surface area (Å²) in [7, 11) is 0. The second-order valence-corrected chi connectivity index (χ2v) is 7.88. The zero-order valence-corrected chi connectivity index (χ0v) is 15.3. The van der Waals surface area contributed by atoms with E-state index in [1.165, 1.54) is 12.5 Å². The van der Waals surface area contributed by atoms with Crippen LogP contribution in [-0.4, -0.2) is 53.0 Å². The van der Waals surface area contributed by atoms with Gasteiger partial charge in [-0.15, -0.1) is 11.8 Å². The van der Waals surface area contributed by atoms with Crippen LogP contribution in [0.3, 0.4) is 0 Å². The van der Waals surface area contributed by atoms with Crippen LogP contribution in [0, 0.1) is 0 Å². The molecule has 0 bridgehead atoms. The van der Waals surface area contributed by atoms with Crippen LogP contribution in [-0.2, 0) is 0 Å². The minimum atomic E-state index is -0.0448. The second kappa shape index (κ2) is 7.78. The number of hydrogen-bond donors (Lipinski definition) is 0. The maximum Gasteiger partial charge on any atom is 0.257 e. The Morgan fingerprint density at radius 1 is 1.00 bits per heavy atom. The smallest absolute Gasteiger partial charge is 0.257 e. The van der Waals surface area contributed by atoms with Crippen molar-refractivity contribution in [2.24, 2.45) is 0 Å². The Bertz CT molecular complexity index is 735. The summed E-state index contributed by atoms with van der Waals surface area (Å²) >= 11 is 1.70. The first kappa shape index (κ1) is 17.6. The van der Waals surface area contributed by atoms with Gasteiger partial charge in [-0.25, -0.2) is 0 Å². The third-order valence-electron chi connectivity index (χ3n) is 4.10. The Kier molecular flexibility index (Phi) is 5.48. The quantitative estimate of drug-likeness (QED) is 0.786. The van der Waals surface area contributed by atoms with Crippen molar-refractivity contribution in [2.45, 2.75) is 24.0 Å². The van der Waals surface area contributed by atoms with E-state index in [2.05, 4.69) is 13.8 Å². The maximum absolute atomic E-state index is 12.9. The molecule has 0 N–H and O–H groups in total. The summed E-state index contributed by atoms with van der Waals surface area (Å²) in [6, 6.07) is 9.41. The van der Waals surface area contributed by atoms with Gasteiger partial charge in [0.1, 0.15) is 6.26 Å². The molecule has 0 radical (unpaired) electrons. The van der Waals surface area contributed by atoms with Crippen LogP contribution < -0.4 is 0 Å². The van der Waals surface area contributed by atoms with Gasteiger partial charge in [0.2, 0.25) is 0 Å². The fourth-order valence-corrected chi connectivity index (χ4v) is 3.80. The second-order valence-electron chi connectivity index (χ2n) is 6.26. The molecule has 0 unspecified atom stereocenters. The highest BCUT2D eigenvalue weighted by Crippen LogP contribution is 2.27. The molecule has 1 aliphatic heterocycles. The van der Waals surface area contributed by atoms with E-state index in [0.29, 0.717) is 37.0 Å². The largest absolute Gasteiger partial charge is 0.472 e. The predicted octanol–water partition coefficient (Wildman–Crippen LogP) is 3.38. The van der Waals surface area contributed by atoms with Gasteiger partial charge in [0.05, 0.1) is 17.4 Å². The number of thioether (sulfide) groups is 1. The number of furan rings is 1. The molecule has 0 saturated carbocycles. The Morgan fingerprint density at radius 2 is 1.64 bits per heavy atom. The normalized spacial score (nSPS) is 14.8. The number of amides is 2. The van der Waals surface area contributed by atoms with E-state index < -0.39 is 0 Å². The van der Waals surface area contributed by atoms with Crippen LogP contribution in [0.1, 0.15) is 34.6 Å². The summed E-state index contributed by atoms with van der Waals surface area (Å²) in [4.78, 5) is 29.9. The van der Waals surface area contributed by atoms with Crippen LogP contribution in [0.4, 0.5) is 0 Å². The lowest BCUT2D eigenvalue weighted by atomic mass is 10.1. The number of rotatable bonds is 4. The zero-order chi connectivity index (χ0) is 17.8. The topological polar surface area (TPSA) is 53.8 Å². The molecule has 3 rings (SSSR count). The van der Waals surface area contributed by atoms with Crippen LogP contribution in [0.2, 0.25) is 0 Å². The minimum absolute atomic E-state index is 0.0409. The average molecular weight is 358 g/mol. The highest BCUT2D eigenvalue weighted by molar-refractivity contribution is 8.00. The van der Waals surface area contributed by atoms with Gasteiger partial charge in [0.15, 0.2) is 0 Å². The maximum atomic E-state index is 12.9. The molecular weight excluding hydrogens is 336 g/mol. The average Bonchev–Trinajstić information content (AvgIpc) is 3.15. The van der Waals surface area contributed by atoms with E-state index in [4.69, 9.17) is 4.42 Å². The van der Waals surface area contributed by atoms with E-state index in [0.717, 1.165) is 10.5 Å². The number of benzene rings is 1. The van der Waals surface area contributed by atoms with Crippen molar-refractivity contribution in [3.63, 3.8) is 0 Å². The first-order valence-corrected chi connectivity index (χ1v) is 9.30. The van der Waals surface area contributed by atoms with Gasteiger partial charge >= 0.3 is 0 Å². The Morgan fingerprint density at radius 3 is 2.24 bits per heavy atom. The monoisotopic (exact) mass is 358 g/mol. The molecule has 0 atom stereocenters. The van der Waals surface area contributed by atoms with E-state index in [-0.39, 0.29) is 11.8 Å². The number of hydrogen-bond acceptors (Lipinski definition) is 4. The molecule has 1 aromatic carbocycles. The summed E-state index contributed by atoms with van der Waals surface area (Å²) in [5.41, 5.74) is 1.30. The van der Waals surface area contributed by atoms with Gasteiger partial charge in [-0.1, -0.05) is 26.0 Å². The van der Waals surface area contributed by atoms with Crippen LogP contribution in [0.15, 0.2) is 52.2 Å². The molecule has 5 nitrogen and oxygen atoms in total. The van der Waals surface area contributed by atoms with Crippen molar-refractivity contribution in [2.75, 3.05) is 26.2 Å². The van der Waals surface area contributed by atoms with Gasteiger partial charge in [-0.05, 0) is 18.2 Å². The molecule has 2 amide bonds. The van der Waals surface area contributed by atoms with Crippen LogP contribution >= 0.6 is 11.8 Å². The van der Waals surface area contributed by atoms with E-state index in [9.17, 15) is 9.59 Å². The van der Waals surface area contributed by atoms with Crippen LogP contribution in [0.5, 0.6) is 0 Å². The highest BCUT2D eigenvalue weighted by Gasteiger charge is 2.27. The molecule has 6 heteroatoms. The number of nitrogens with zero attached hydrogens (tertiary/aromatic N) is 2. The molecule has 1 saturated heterocycles.